The molecule has 1 unspecified atom stereocenters. The molecule has 0 aliphatic heterocycles. The number of carbonyl (C=O) groups excluding carboxylic acids is 1. The van der Waals surface area contributed by atoms with Crippen LogP contribution in [0.5, 0.6) is 0 Å². The van der Waals surface area contributed by atoms with Crippen molar-refractivity contribution < 1.29 is 14.7 Å². The molecule has 0 bridgehead atoms. The van der Waals surface area contributed by atoms with Crippen molar-refractivity contribution >= 4 is 17.7 Å². The zero-order valence-corrected chi connectivity index (χ0v) is 11.9. The van der Waals surface area contributed by atoms with Crippen LogP contribution < -0.4 is 5.32 Å². The summed E-state index contributed by atoms with van der Waals surface area (Å²) in [7, 11) is 1.47. The molecule has 2 N–H and O–H groups in total. The van der Waals surface area contributed by atoms with Gasteiger partial charge in [0.2, 0.25) is 0 Å². The maximum absolute atomic E-state index is 12.0. The standard InChI is InChI=1S/C14H20N2O3/c1-8-6-9(2)12(10(3)7-8)15-14(19)16(5)11(4)13(17)18/h6-7,11H,1-5H3,(H,15,19)(H,17,18). The number of likely N-dealkylation sites (N-methyl/N-ethyl adjacent to an activating group) is 1. The topological polar surface area (TPSA) is 69.6 Å². The van der Waals surface area contributed by atoms with Crippen LogP contribution >= 0.6 is 0 Å². The Hall–Kier alpha value is -2.04. The van der Waals surface area contributed by atoms with Gasteiger partial charge in [0.25, 0.3) is 0 Å². The number of nitrogens with one attached hydrogen (secondary N) is 1. The molecule has 0 saturated carbocycles. The summed E-state index contributed by atoms with van der Waals surface area (Å²) in [5, 5.41) is 11.7. The molecule has 2 amide bonds. The first-order valence-corrected chi connectivity index (χ1v) is 6.08. The number of nitrogens with zero attached hydrogens (tertiary/aromatic N) is 1. The van der Waals surface area contributed by atoms with Gasteiger partial charge in [-0.3, -0.25) is 0 Å². The van der Waals surface area contributed by atoms with Crippen LogP contribution in [-0.4, -0.2) is 35.1 Å². The fourth-order valence-corrected chi connectivity index (χ4v) is 1.91. The van der Waals surface area contributed by atoms with E-state index in [1.165, 1.54) is 18.9 Å². The number of hydrogen-bond donors (Lipinski definition) is 2. The van der Waals surface area contributed by atoms with Gasteiger partial charge in [-0.2, -0.15) is 0 Å². The van der Waals surface area contributed by atoms with Crippen molar-refractivity contribution in [3.8, 4) is 0 Å². The fourth-order valence-electron chi connectivity index (χ4n) is 1.91. The van der Waals surface area contributed by atoms with Crippen LogP contribution in [0.25, 0.3) is 0 Å². The van der Waals surface area contributed by atoms with E-state index in [1.54, 1.807) is 0 Å². The van der Waals surface area contributed by atoms with Gasteiger partial charge in [0.05, 0.1) is 0 Å². The number of carboxylic acids is 1. The monoisotopic (exact) mass is 264 g/mol. The van der Waals surface area contributed by atoms with E-state index >= 15 is 0 Å². The molecule has 0 saturated heterocycles. The van der Waals surface area contributed by atoms with Crippen molar-refractivity contribution in [3.05, 3.63) is 28.8 Å². The minimum absolute atomic E-state index is 0.426. The third-order valence-corrected chi connectivity index (χ3v) is 3.17. The lowest BCUT2D eigenvalue weighted by Gasteiger charge is -2.23. The zero-order valence-electron chi connectivity index (χ0n) is 11.9. The van der Waals surface area contributed by atoms with Gasteiger partial charge in [-0.15, -0.1) is 0 Å². The normalized spacial score (nSPS) is 11.8. The Balaban J connectivity index is 2.92. The summed E-state index contributed by atoms with van der Waals surface area (Å²) in [6, 6.07) is 2.66. The molecular formula is C14H20N2O3. The molecule has 104 valence electrons. The summed E-state index contributed by atoms with van der Waals surface area (Å²) in [5.41, 5.74) is 3.78. The van der Waals surface area contributed by atoms with E-state index in [4.69, 9.17) is 5.11 Å². The molecule has 1 aromatic carbocycles. The molecule has 1 aromatic rings. The summed E-state index contributed by atoms with van der Waals surface area (Å²) in [6.07, 6.45) is 0. The van der Waals surface area contributed by atoms with E-state index < -0.39 is 18.0 Å². The SMILES string of the molecule is Cc1cc(C)c(NC(=O)N(C)C(C)C(=O)O)c(C)c1. The van der Waals surface area contributed by atoms with Crippen LogP contribution in [0.2, 0.25) is 0 Å². The molecule has 19 heavy (non-hydrogen) atoms. The molecule has 0 aromatic heterocycles. The van der Waals surface area contributed by atoms with Crippen molar-refractivity contribution in [2.75, 3.05) is 12.4 Å². The molecule has 0 spiro atoms. The highest BCUT2D eigenvalue weighted by molar-refractivity contribution is 5.93. The maximum Gasteiger partial charge on any atom is 0.326 e. The molecular weight excluding hydrogens is 244 g/mol. The Kier molecular flexibility index (Phi) is 4.53. The number of hydrogen-bond acceptors (Lipinski definition) is 2. The Morgan fingerprint density at radius 3 is 2.11 bits per heavy atom. The molecule has 5 heteroatoms. The quantitative estimate of drug-likeness (QED) is 0.881. The first kappa shape index (κ1) is 15.0. The zero-order chi connectivity index (χ0) is 14.7. The van der Waals surface area contributed by atoms with Crippen LogP contribution in [0.3, 0.4) is 0 Å². The van der Waals surface area contributed by atoms with E-state index in [0.29, 0.717) is 0 Å². The maximum atomic E-state index is 12.0. The molecule has 5 nitrogen and oxygen atoms in total. The second-order valence-corrected chi connectivity index (χ2v) is 4.83. The minimum Gasteiger partial charge on any atom is -0.480 e. The van der Waals surface area contributed by atoms with Gasteiger partial charge in [-0.05, 0) is 38.8 Å². The summed E-state index contributed by atoms with van der Waals surface area (Å²) in [5.74, 6) is -1.03. The lowest BCUT2D eigenvalue weighted by molar-refractivity contribution is -0.141. The molecule has 0 fully saturated rings. The highest BCUT2D eigenvalue weighted by Crippen LogP contribution is 2.22. The summed E-state index contributed by atoms with van der Waals surface area (Å²) in [4.78, 5) is 24.0. The van der Waals surface area contributed by atoms with Crippen LogP contribution in [0, 0.1) is 20.8 Å². The van der Waals surface area contributed by atoms with Crippen molar-refractivity contribution in [1.82, 2.24) is 4.90 Å². The number of urea groups is 1. The first-order chi connectivity index (χ1) is 8.73. The van der Waals surface area contributed by atoms with Crippen LogP contribution in [0.4, 0.5) is 10.5 Å². The number of carboxylic acid groups (broad SMARTS) is 1. The van der Waals surface area contributed by atoms with E-state index in [2.05, 4.69) is 5.32 Å². The first-order valence-electron chi connectivity index (χ1n) is 6.08. The van der Waals surface area contributed by atoms with Gasteiger partial charge in [-0.25, -0.2) is 9.59 Å². The number of rotatable bonds is 3. The Morgan fingerprint density at radius 1 is 1.21 bits per heavy atom. The Morgan fingerprint density at radius 2 is 1.68 bits per heavy atom. The predicted octanol–water partition coefficient (Wildman–Crippen LogP) is 2.55. The summed E-state index contributed by atoms with van der Waals surface area (Å²) < 4.78 is 0. The highest BCUT2D eigenvalue weighted by Gasteiger charge is 2.22. The third-order valence-electron chi connectivity index (χ3n) is 3.17. The Bertz CT molecular complexity index is 488. The van der Waals surface area contributed by atoms with Crippen LogP contribution in [-0.2, 0) is 4.79 Å². The molecule has 1 atom stereocenters. The average Bonchev–Trinajstić information content (AvgIpc) is 2.31. The van der Waals surface area contributed by atoms with Gasteiger partial charge >= 0.3 is 12.0 Å². The molecule has 1 rings (SSSR count). The smallest absolute Gasteiger partial charge is 0.326 e. The van der Waals surface area contributed by atoms with Gasteiger partial charge in [0, 0.05) is 12.7 Å². The van der Waals surface area contributed by atoms with Crippen molar-refractivity contribution in [1.29, 1.82) is 0 Å². The molecule has 0 aliphatic rings. The number of carbonyl (C=O) groups is 2. The van der Waals surface area contributed by atoms with Crippen molar-refractivity contribution in [2.45, 2.75) is 33.7 Å². The predicted molar refractivity (Wildman–Crippen MR) is 74.5 cm³/mol. The number of benzene rings is 1. The third kappa shape index (κ3) is 3.47. The molecule has 0 aliphatic carbocycles. The minimum atomic E-state index is -1.03. The number of anilines is 1. The summed E-state index contributed by atoms with van der Waals surface area (Å²) in [6.45, 7) is 7.29. The lowest BCUT2D eigenvalue weighted by Crippen LogP contribution is -2.42. The number of aliphatic carboxylic acids is 1. The molecule has 0 radical (unpaired) electrons. The summed E-state index contributed by atoms with van der Waals surface area (Å²) >= 11 is 0. The van der Waals surface area contributed by atoms with E-state index in [0.717, 1.165) is 22.4 Å². The van der Waals surface area contributed by atoms with Crippen LogP contribution in [0.15, 0.2) is 12.1 Å². The van der Waals surface area contributed by atoms with Crippen molar-refractivity contribution in [3.63, 3.8) is 0 Å². The van der Waals surface area contributed by atoms with Crippen LogP contribution in [0.1, 0.15) is 23.6 Å². The second-order valence-electron chi connectivity index (χ2n) is 4.83. The van der Waals surface area contributed by atoms with Gasteiger partial charge in [0.15, 0.2) is 0 Å². The van der Waals surface area contributed by atoms with Crippen molar-refractivity contribution in [2.24, 2.45) is 0 Å². The lowest BCUT2D eigenvalue weighted by atomic mass is 10.1. The molecule has 0 heterocycles. The largest absolute Gasteiger partial charge is 0.480 e. The van der Waals surface area contributed by atoms with E-state index in [1.807, 2.05) is 32.9 Å². The van der Waals surface area contributed by atoms with E-state index in [9.17, 15) is 9.59 Å². The van der Waals surface area contributed by atoms with Gasteiger partial charge < -0.3 is 15.3 Å². The fraction of sp³-hybridized carbons (Fsp3) is 0.429. The highest BCUT2D eigenvalue weighted by atomic mass is 16.4. The van der Waals surface area contributed by atoms with Gasteiger partial charge in [0.1, 0.15) is 6.04 Å². The van der Waals surface area contributed by atoms with Gasteiger partial charge in [-0.1, -0.05) is 17.7 Å². The Labute approximate surface area is 113 Å². The average molecular weight is 264 g/mol. The second kappa shape index (κ2) is 5.73. The van der Waals surface area contributed by atoms with E-state index in [-0.39, 0.29) is 0 Å². The number of amides is 2. The number of aryl methyl sites for hydroxylation is 3.